The highest BCUT2D eigenvalue weighted by molar-refractivity contribution is 5.98. The number of nitrogens with one attached hydrogen (secondary N) is 2. The summed E-state index contributed by atoms with van der Waals surface area (Å²) in [5.74, 6) is -0.101. The van der Waals surface area contributed by atoms with Crippen LogP contribution in [-0.2, 0) is 27.3 Å². The molecule has 0 aromatic heterocycles. The minimum absolute atomic E-state index is 0.260. The Labute approximate surface area is 194 Å². The van der Waals surface area contributed by atoms with Crippen molar-refractivity contribution in [2.45, 2.75) is 58.3 Å². The SMILES string of the molecule is COc1ccc(NC(=O)[C@@H](C)NC(=O)[C@@H]2Cc3ccccc3CN2C(=O)OC(C)(C)C)cc1. The molecule has 0 unspecified atom stereocenters. The summed E-state index contributed by atoms with van der Waals surface area (Å²) in [5.41, 5.74) is 1.86. The second kappa shape index (κ2) is 9.94. The van der Waals surface area contributed by atoms with Crippen LogP contribution in [0.3, 0.4) is 0 Å². The Hall–Kier alpha value is -3.55. The van der Waals surface area contributed by atoms with Gasteiger partial charge in [0, 0.05) is 12.1 Å². The molecule has 1 heterocycles. The predicted molar refractivity (Wildman–Crippen MR) is 125 cm³/mol. The Morgan fingerprint density at radius 2 is 1.67 bits per heavy atom. The number of amides is 3. The Morgan fingerprint density at radius 3 is 2.27 bits per heavy atom. The van der Waals surface area contributed by atoms with Gasteiger partial charge in [-0.25, -0.2) is 4.79 Å². The van der Waals surface area contributed by atoms with Crippen molar-refractivity contribution >= 4 is 23.6 Å². The molecule has 8 nitrogen and oxygen atoms in total. The van der Waals surface area contributed by atoms with Crippen LogP contribution in [0.4, 0.5) is 10.5 Å². The largest absolute Gasteiger partial charge is 0.497 e. The lowest BCUT2D eigenvalue weighted by atomic mass is 9.93. The Kier molecular flexibility index (Phi) is 7.26. The summed E-state index contributed by atoms with van der Waals surface area (Å²) in [6.07, 6.45) is -0.221. The van der Waals surface area contributed by atoms with Crippen LogP contribution in [0, 0.1) is 0 Å². The smallest absolute Gasteiger partial charge is 0.411 e. The standard InChI is InChI=1S/C25H31N3O5/c1-16(22(29)27-19-10-12-20(32-5)13-11-19)26-23(30)21-14-17-8-6-7-9-18(17)15-28(21)24(31)33-25(2,3)4/h6-13,16,21H,14-15H2,1-5H3,(H,26,30)(H,27,29)/t16-,21+/m1/s1. The first kappa shape index (κ1) is 24.1. The summed E-state index contributed by atoms with van der Waals surface area (Å²) in [6, 6.07) is 13.0. The molecule has 0 saturated heterocycles. The van der Waals surface area contributed by atoms with Gasteiger partial charge in [-0.3, -0.25) is 14.5 Å². The van der Waals surface area contributed by atoms with E-state index in [-0.39, 0.29) is 12.5 Å². The van der Waals surface area contributed by atoms with E-state index < -0.39 is 29.7 Å². The van der Waals surface area contributed by atoms with Gasteiger partial charge in [-0.15, -0.1) is 0 Å². The number of carbonyl (C=O) groups excluding carboxylic acids is 3. The van der Waals surface area contributed by atoms with Crippen LogP contribution < -0.4 is 15.4 Å². The van der Waals surface area contributed by atoms with Crippen LogP contribution in [0.25, 0.3) is 0 Å². The summed E-state index contributed by atoms with van der Waals surface area (Å²) in [4.78, 5) is 40.1. The highest BCUT2D eigenvalue weighted by atomic mass is 16.6. The van der Waals surface area contributed by atoms with Crippen LogP contribution in [0.2, 0.25) is 0 Å². The zero-order chi connectivity index (χ0) is 24.2. The van der Waals surface area contributed by atoms with E-state index in [4.69, 9.17) is 9.47 Å². The van der Waals surface area contributed by atoms with E-state index in [0.29, 0.717) is 17.9 Å². The fourth-order valence-electron chi connectivity index (χ4n) is 3.57. The van der Waals surface area contributed by atoms with E-state index >= 15 is 0 Å². The number of fused-ring (bicyclic) bond motifs is 1. The molecule has 3 rings (SSSR count). The molecule has 2 N–H and O–H groups in total. The average molecular weight is 454 g/mol. The topological polar surface area (TPSA) is 97.0 Å². The number of methoxy groups -OCH3 is 1. The van der Waals surface area contributed by atoms with Gasteiger partial charge < -0.3 is 20.1 Å². The van der Waals surface area contributed by atoms with Gasteiger partial charge in [-0.1, -0.05) is 24.3 Å². The maximum atomic E-state index is 13.2. The number of rotatable bonds is 5. The van der Waals surface area contributed by atoms with Crippen LogP contribution in [0.1, 0.15) is 38.8 Å². The first-order valence-corrected chi connectivity index (χ1v) is 10.9. The molecule has 0 spiro atoms. The molecule has 0 radical (unpaired) electrons. The zero-order valence-corrected chi connectivity index (χ0v) is 19.7. The van der Waals surface area contributed by atoms with Gasteiger partial charge in [-0.05, 0) is 63.1 Å². The van der Waals surface area contributed by atoms with Crippen molar-refractivity contribution in [2.24, 2.45) is 0 Å². The van der Waals surface area contributed by atoms with E-state index in [1.54, 1.807) is 59.1 Å². The summed E-state index contributed by atoms with van der Waals surface area (Å²) < 4.78 is 10.7. The number of hydrogen-bond acceptors (Lipinski definition) is 5. The molecule has 176 valence electrons. The lowest BCUT2D eigenvalue weighted by Crippen LogP contribution is -2.56. The van der Waals surface area contributed by atoms with Gasteiger partial charge in [-0.2, -0.15) is 0 Å². The zero-order valence-electron chi connectivity index (χ0n) is 19.7. The van der Waals surface area contributed by atoms with Crippen molar-refractivity contribution < 1.29 is 23.9 Å². The molecule has 3 amide bonds. The minimum Gasteiger partial charge on any atom is -0.497 e. The first-order chi connectivity index (χ1) is 15.6. The molecule has 33 heavy (non-hydrogen) atoms. The van der Waals surface area contributed by atoms with Gasteiger partial charge in [0.1, 0.15) is 23.4 Å². The van der Waals surface area contributed by atoms with Crippen LogP contribution in [0.15, 0.2) is 48.5 Å². The number of nitrogens with zero attached hydrogens (tertiary/aromatic N) is 1. The number of ether oxygens (including phenoxy) is 2. The second-order valence-corrected chi connectivity index (χ2v) is 9.04. The van der Waals surface area contributed by atoms with E-state index in [1.165, 1.54) is 4.90 Å². The lowest BCUT2D eigenvalue weighted by Gasteiger charge is -2.37. The van der Waals surface area contributed by atoms with Crippen LogP contribution in [-0.4, -0.2) is 47.6 Å². The van der Waals surface area contributed by atoms with Crippen LogP contribution >= 0.6 is 0 Å². The van der Waals surface area contributed by atoms with Crippen molar-refractivity contribution in [3.8, 4) is 5.75 Å². The van der Waals surface area contributed by atoms with Gasteiger partial charge in [0.15, 0.2) is 0 Å². The maximum Gasteiger partial charge on any atom is 0.411 e. The van der Waals surface area contributed by atoms with Crippen molar-refractivity contribution in [1.29, 1.82) is 0 Å². The third-order valence-corrected chi connectivity index (χ3v) is 5.29. The molecular formula is C25H31N3O5. The lowest BCUT2D eigenvalue weighted by molar-refractivity contribution is -0.130. The highest BCUT2D eigenvalue weighted by Crippen LogP contribution is 2.25. The molecule has 8 heteroatoms. The molecule has 1 aliphatic rings. The predicted octanol–water partition coefficient (Wildman–Crippen LogP) is 3.50. The minimum atomic E-state index is -0.808. The summed E-state index contributed by atoms with van der Waals surface area (Å²) in [6.45, 7) is 7.21. The molecule has 2 atom stereocenters. The summed E-state index contributed by atoms with van der Waals surface area (Å²) in [7, 11) is 1.56. The van der Waals surface area contributed by atoms with Gasteiger partial charge in [0.25, 0.3) is 0 Å². The maximum absolute atomic E-state index is 13.2. The third kappa shape index (κ3) is 6.25. The summed E-state index contributed by atoms with van der Waals surface area (Å²) >= 11 is 0. The van der Waals surface area contributed by atoms with Crippen molar-refractivity contribution in [3.63, 3.8) is 0 Å². The second-order valence-electron chi connectivity index (χ2n) is 9.04. The number of benzene rings is 2. The van der Waals surface area contributed by atoms with Crippen molar-refractivity contribution in [2.75, 3.05) is 12.4 Å². The normalized spacial score (nSPS) is 16.3. The van der Waals surface area contributed by atoms with Crippen molar-refractivity contribution in [3.05, 3.63) is 59.7 Å². The van der Waals surface area contributed by atoms with Crippen molar-refractivity contribution in [1.82, 2.24) is 10.2 Å². The summed E-state index contributed by atoms with van der Waals surface area (Å²) in [5, 5.41) is 5.51. The number of carbonyl (C=O) groups is 3. The number of anilines is 1. The Morgan fingerprint density at radius 1 is 1.03 bits per heavy atom. The average Bonchev–Trinajstić information content (AvgIpc) is 2.77. The fraction of sp³-hybridized carbons (Fsp3) is 0.400. The first-order valence-electron chi connectivity index (χ1n) is 10.9. The van der Waals surface area contributed by atoms with Gasteiger partial charge in [0.2, 0.25) is 11.8 Å². The van der Waals surface area contributed by atoms with E-state index in [2.05, 4.69) is 10.6 Å². The van der Waals surface area contributed by atoms with Gasteiger partial charge >= 0.3 is 6.09 Å². The Bertz CT molecular complexity index is 1010. The van der Waals surface area contributed by atoms with E-state index in [0.717, 1.165) is 11.1 Å². The highest BCUT2D eigenvalue weighted by Gasteiger charge is 2.37. The fourth-order valence-corrected chi connectivity index (χ4v) is 3.57. The molecule has 0 bridgehead atoms. The number of hydrogen-bond donors (Lipinski definition) is 2. The molecule has 2 aromatic carbocycles. The molecule has 0 fully saturated rings. The third-order valence-electron chi connectivity index (χ3n) is 5.29. The molecule has 2 aromatic rings. The van der Waals surface area contributed by atoms with Gasteiger partial charge in [0.05, 0.1) is 13.7 Å². The van der Waals surface area contributed by atoms with E-state index in [1.807, 2.05) is 24.3 Å². The van der Waals surface area contributed by atoms with Crippen LogP contribution in [0.5, 0.6) is 5.75 Å². The monoisotopic (exact) mass is 453 g/mol. The Balaban J connectivity index is 1.71. The molecule has 0 aliphatic carbocycles. The molecular weight excluding hydrogens is 422 g/mol. The molecule has 1 aliphatic heterocycles. The quantitative estimate of drug-likeness (QED) is 0.722. The molecule has 0 saturated carbocycles. The van der Waals surface area contributed by atoms with E-state index in [9.17, 15) is 14.4 Å².